The van der Waals surface area contributed by atoms with E-state index < -0.39 is 12.1 Å². The SMILES string of the molecule is C=C/C(Cl)=C\N(C)OCCN(C(=O)C(F)(F)F)c1cccnc1. The standard InChI is InChI=1S/C14H15ClF3N3O2/c1-3-11(15)10-20(2)23-8-7-21(13(22)14(16,17)18)12-5-4-6-19-9-12/h3-6,9-10H,1,7-8H2,2H3/b11-10+. The van der Waals surface area contributed by atoms with Crippen molar-refractivity contribution in [3.05, 3.63) is 48.4 Å². The fourth-order valence-electron chi connectivity index (χ4n) is 1.55. The zero-order valence-corrected chi connectivity index (χ0v) is 13.0. The molecule has 0 saturated carbocycles. The summed E-state index contributed by atoms with van der Waals surface area (Å²) in [5.41, 5.74) is 0.0285. The van der Waals surface area contributed by atoms with Crippen molar-refractivity contribution in [2.45, 2.75) is 6.18 Å². The second-order valence-electron chi connectivity index (χ2n) is 4.26. The molecule has 0 aliphatic carbocycles. The highest BCUT2D eigenvalue weighted by Crippen LogP contribution is 2.22. The number of alkyl halides is 3. The molecule has 0 radical (unpaired) electrons. The number of pyridine rings is 1. The van der Waals surface area contributed by atoms with E-state index in [0.29, 0.717) is 9.93 Å². The van der Waals surface area contributed by atoms with Gasteiger partial charge in [-0.2, -0.15) is 13.2 Å². The van der Waals surface area contributed by atoms with Crippen LogP contribution in [0.2, 0.25) is 0 Å². The maximum atomic E-state index is 12.7. The lowest BCUT2D eigenvalue weighted by Crippen LogP contribution is -2.43. The highest BCUT2D eigenvalue weighted by atomic mass is 35.5. The molecule has 0 aliphatic heterocycles. The maximum Gasteiger partial charge on any atom is 0.471 e. The summed E-state index contributed by atoms with van der Waals surface area (Å²) in [4.78, 5) is 21.0. The zero-order valence-electron chi connectivity index (χ0n) is 12.3. The number of halogens is 4. The normalized spacial score (nSPS) is 12.0. The second-order valence-corrected chi connectivity index (χ2v) is 4.70. The lowest BCUT2D eigenvalue weighted by atomic mass is 10.3. The van der Waals surface area contributed by atoms with Crippen molar-refractivity contribution in [1.29, 1.82) is 0 Å². The van der Waals surface area contributed by atoms with E-state index in [1.54, 1.807) is 0 Å². The van der Waals surface area contributed by atoms with Gasteiger partial charge < -0.3 is 4.90 Å². The van der Waals surface area contributed by atoms with Gasteiger partial charge in [0.05, 0.1) is 30.1 Å². The third kappa shape index (κ3) is 6.29. The third-order valence-corrected chi connectivity index (χ3v) is 2.81. The summed E-state index contributed by atoms with van der Waals surface area (Å²) in [5, 5.41) is 1.51. The second kappa shape index (κ2) is 8.54. The van der Waals surface area contributed by atoms with E-state index >= 15 is 0 Å². The third-order valence-electron chi connectivity index (χ3n) is 2.56. The molecule has 0 aliphatic rings. The van der Waals surface area contributed by atoms with Crippen molar-refractivity contribution >= 4 is 23.2 Å². The Labute approximate surface area is 136 Å². The van der Waals surface area contributed by atoms with Crippen LogP contribution in [0.1, 0.15) is 0 Å². The molecule has 126 valence electrons. The van der Waals surface area contributed by atoms with Gasteiger partial charge in [0, 0.05) is 19.4 Å². The molecule has 1 aromatic rings. The Hall–Kier alpha value is -2.06. The van der Waals surface area contributed by atoms with Gasteiger partial charge in [0.25, 0.3) is 0 Å². The number of aromatic nitrogens is 1. The number of hydrogen-bond acceptors (Lipinski definition) is 4. The fourth-order valence-corrected chi connectivity index (χ4v) is 1.69. The van der Waals surface area contributed by atoms with E-state index in [0.717, 1.165) is 0 Å². The Morgan fingerprint density at radius 2 is 2.22 bits per heavy atom. The Balaban J connectivity index is 2.76. The molecule has 1 rings (SSSR count). The molecule has 0 aromatic carbocycles. The van der Waals surface area contributed by atoms with Crippen molar-refractivity contribution < 1.29 is 22.8 Å². The Bertz CT molecular complexity index is 564. The average molecular weight is 350 g/mol. The van der Waals surface area contributed by atoms with Gasteiger partial charge in [0.2, 0.25) is 0 Å². The van der Waals surface area contributed by atoms with Crippen LogP contribution in [0.4, 0.5) is 18.9 Å². The predicted molar refractivity (Wildman–Crippen MR) is 80.5 cm³/mol. The van der Waals surface area contributed by atoms with Gasteiger partial charge in [-0.15, -0.1) is 0 Å². The van der Waals surface area contributed by atoms with Crippen molar-refractivity contribution in [3.8, 4) is 0 Å². The topological polar surface area (TPSA) is 45.7 Å². The van der Waals surface area contributed by atoms with Crippen molar-refractivity contribution in [2.24, 2.45) is 0 Å². The van der Waals surface area contributed by atoms with E-state index in [1.165, 1.54) is 48.9 Å². The lowest BCUT2D eigenvalue weighted by Gasteiger charge is -2.24. The first kappa shape index (κ1) is 19.0. The molecule has 23 heavy (non-hydrogen) atoms. The highest BCUT2D eigenvalue weighted by Gasteiger charge is 2.43. The van der Waals surface area contributed by atoms with Gasteiger partial charge in [-0.05, 0) is 18.2 Å². The molecule has 1 aromatic heterocycles. The molecule has 0 fully saturated rings. The summed E-state index contributed by atoms with van der Waals surface area (Å²) in [6.45, 7) is 2.96. The average Bonchev–Trinajstić information content (AvgIpc) is 2.50. The number of carbonyl (C=O) groups excluding carboxylic acids is 1. The number of anilines is 1. The van der Waals surface area contributed by atoms with Crippen LogP contribution >= 0.6 is 11.6 Å². The fraction of sp³-hybridized carbons (Fsp3) is 0.286. The number of rotatable bonds is 7. The van der Waals surface area contributed by atoms with Gasteiger partial charge in [-0.3, -0.25) is 19.7 Å². The molecule has 5 nitrogen and oxygen atoms in total. The molecular weight excluding hydrogens is 335 g/mol. The number of allylic oxidation sites excluding steroid dienone is 2. The molecule has 0 unspecified atom stereocenters. The molecular formula is C14H15ClF3N3O2. The molecule has 0 bridgehead atoms. The first-order valence-electron chi connectivity index (χ1n) is 6.40. The smallest absolute Gasteiger partial charge is 0.301 e. The number of hydrogen-bond donors (Lipinski definition) is 0. The van der Waals surface area contributed by atoms with Gasteiger partial charge >= 0.3 is 12.1 Å². The minimum absolute atomic E-state index is 0.0285. The number of carbonyl (C=O) groups is 1. The van der Waals surface area contributed by atoms with Crippen LogP contribution < -0.4 is 4.90 Å². The van der Waals surface area contributed by atoms with Crippen LogP contribution in [-0.2, 0) is 9.63 Å². The summed E-state index contributed by atoms with van der Waals surface area (Å²) >= 11 is 5.71. The molecule has 0 saturated heterocycles. The molecule has 1 amide bonds. The van der Waals surface area contributed by atoms with E-state index in [-0.39, 0.29) is 18.8 Å². The molecule has 0 atom stereocenters. The first-order valence-corrected chi connectivity index (χ1v) is 6.77. The maximum absolute atomic E-state index is 12.7. The van der Waals surface area contributed by atoms with E-state index in [1.807, 2.05) is 0 Å². The van der Waals surface area contributed by atoms with Crippen LogP contribution in [0, 0.1) is 0 Å². The summed E-state index contributed by atoms with van der Waals surface area (Å²) in [5.74, 6) is -1.99. The van der Waals surface area contributed by atoms with Crippen LogP contribution in [0.25, 0.3) is 0 Å². The van der Waals surface area contributed by atoms with E-state index in [4.69, 9.17) is 16.4 Å². The summed E-state index contributed by atoms with van der Waals surface area (Å²) < 4.78 is 38.1. The quantitative estimate of drug-likeness (QED) is 0.560. The minimum atomic E-state index is -4.99. The van der Waals surface area contributed by atoms with Crippen molar-refractivity contribution in [1.82, 2.24) is 10.0 Å². The highest BCUT2D eigenvalue weighted by molar-refractivity contribution is 6.31. The van der Waals surface area contributed by atoms with E-state index in [2.05, 4.69) is 11.6 Å². The van der Waals surface area contributed by atoms with E-state index in [9.17, 15) is 18.0 Å². The largest absolute Gasteiger partial charge is 0.471 e. The van der Waals surface area contributed by atoms with Crippen LogP contribution in [-0.4, -0.2) is 42.3 Å². The molecule has 0 N–H and O–H groups in total. The van der Waals surface area contributed by atoms with Crippen molar-refractivity contribution in [2.75, 3.05) is 25.1 Å². The van der Waals surface area contributed by atoms with Crippen LogP contribution in [0.5, 0.6) is 0 Å². The lowest BCUT2D eigenvalue weighted by molar-refractivity contribution is -0.171. The predicted octanol–water partition coefficient (Wildman–Crippen LogP) is 3.11. The number of nitrogens with zero attached hydrogens (tertiary/aromatic N) is 3. The Morgan fingerprint density at radius 1 is 1.52 bits per heavy atom. The molecule has 9 heteroatoms. The first-order chi connectivity index (χ1) is 10.8. The van der Waals surface area contributed by atoms with Crippen molar-refractivity contribution in [3.63, 3.8) is 0 Å². The Morgan fingerprint density at radius 3 is 2.74 bits per heavy atom. The summed E-state index contributed by atoms with van der Waals surface area (Å²) in [6, 6.07) is 2.79. The van der Waals surface area contributed by atoms with Gasteiger partial charge in [-0.1, -0.05) is 18.2 Å². The summed E-state index contributed by atoms with van der Waals surface area (Å²) in [6.07, 6.45) is 0.326. The summed E-state index contributed by atoms with van der Waals surface area (Å²) in [7, 11) is 1.51. The number of hydroxylamine groups is 2. The van der Waals surface area contributed by atoms with Crippen LogP contribution in [0.3, 0.4) is 0 Å². The van der Waals surface area contributed by atoms with Gasteiger partial charge in [0.1, 0.15) is 0 Å². The monoisotopic (exact) mass is 349 g/mol. The number of amides is 1. The zero-order chi connectivity index (χ0) is 17.5. The molecule has 0 spiro atoms. The van der Waals surface area contributed by atoms with Gasteiger partial charge in [0.15, 0.2) is 0 Å². The minimum Gasteiger partial charge on any atom is -0.301 e. The Kier molecular flexibility index (Phi) is 7.05. The molecule has 1 heterocycles. The van der Waals surface area contributed by atoms with Gasteiger partial charge in [-0.25, -0.2) is 0 Å². The van der Waals surface area contributed by atoms with Crippen LogP contribution in [0.15, 0.2) is 48.4 Å².